The van der Waals surface area contributed by atoms with Crippen LogP contribution in [0.5, 0.6) is 5.75 Å². The van der Waals surface area contributed by atoms with Crippen LogP contribution in [0.2, 0.25) is 0 Å². The minimum Gasteiger partial charge on any atom is -0.497 e. The van der Waals surface area contributed by atoms with Gasteiger partial charge in [-0.15, -0.1) is 0 Å². The van der Waals surface area contributed by atoms with Crippen molar-refractivity contribution in [2.75, 3.05) is 7.11 Å². The van der Waals surface area contributed by atoms with E-state index >= 15 is 0 Å². The summed E-state index contributed by atoms with van der Waals surface area (Å²) in [6, 6.07) is 8.15. The average molecular weight is 315 g/mol. The lowest BCUT2D eigenvalue weighted by Crippen LogP contribution is -2.36. The molecule has 0 fully saturated rings. The van der Waals surface area contributed by atoms with Gasteiger partial charge in [-0.05, 0) is 31.5 Å². The van der Waals surface area contributed by atoms with Crippen LogP contribution < -0.4 is 4.74 Å². The number of nitrogens with zero attached hydrogens (tertiary/aromatic N) is 3. The first-order valence-electron chi connectivity index (χ1n) is 7.97. The number of carbonyl (C=O) groups is 1. The van der Waals surface area contributed by atoms with E-state index in [0.29, 0.717) is 13.0 Å². The Morgan fingerprint density at radius 1 is 1.30 bits per heavy atom. The smallest absolute Gasteiger partial charge is 0.222 e. The molecule has 124 valence electrons. The lowest BCUT2D eigenvalue weighted by Gasteiger charge is -2.26. The fourth-order valence-corrected chi connectivity index (χ4v) is 2.48. The molecular formula is C18H25N3O2. The summed E-state index contributed by atoms with van der Waals surface area (Å²) in [4.78, 5) is 18.4. The molecule has 1 amide bonds. The number of hydrogen-bond acceptors (Lipinski definition) is 3. The molecular weight excluding hydrogens is 290 g/mol. The van der Waals surface area contributed by atoms with Crippen LogP contribution in [-0.4, -0.2) is 33.5 Å². The molecule has 0 bridgehead atoms. The first-order chi connectivity index (χ1) is 11.0. The monoisotopic (exact) mass is 315 g/mol. The molecule has 5 heteroatoms. The molecule has 2 aromatic rings. The maximum atomic E-state index is 12.1. The highest BCUT2D eigenvalue weighted by molar-refractivity contribution is 5.76. The van der Waals surface area contributed by atoms with Gasteiger partial charge in [0.15, 0.2) is 0 Å². The van der Waals surface area contributed by atoms with E-state index in [1.54, 1.807) is 13.3 Å². The average Bonchev–Trinajstić information content (AvgIpc) is 2.99. The topological polar surface area (TPSA) is 47.4 Å². The van der Waals surface area contributed by atoms with Crippen molar-refractivity contribution in [2.24, 2.45) is 0 Å². The lowest BCUT2D eigenvalue weighted by atomic mass is 10.2. The van der Waals surface area contributed by atoms with E-state index in [9.17, 15) is 4.79 Å². The second kappa shape index (κ2) is 7.81. The van der Waals surface area contributed by atoms with Gasteiger partial charge in [0.1, 0.15) is 11.6 Å². The normalized spacial score (nSPS) is 10.8. The van der Waals surface area contributed by atoms with Crippen molar-refractivity contribution in [1.29, 1.82) is 0 Å². The highest BCUT2D eigenvalue weighted by atomic mass is 16.5. The third kappa shape index (κ3) is 4.34. The number of rotatable bonds is 7. The van der Waals surface area contributed by atoms with Crippen LogP contribution in [0.25, 0.3) is 0 Å². The highest BCUT2D eigenvalue weighted by Crippen LogP contribution is 2.14. The van der Waals surface area contributed by atoms with Gasteiger partial charge < -0.3 is 14.2 Å². The molecule has 0 spiro atoms. The first kappa shape index (κ1) is 17.1. The summed E-state index contributed by atoms with van der Waals surface area (Å²) in [5, 5.41) is 0. The van der Waals surface area contributed by atoms with Crippen LogP contribution in [0.1, 0.15) is 38.6 Å². The lowest BCUT2D eigenvalue weighted by molar-refractivity contribution is -0.133. The van der Waals surface area contributed by atoms with Gasteiger partial charge in [0, 0.05) is 31.4 Å². The molecule has 1 aromatic carbocycles. The molecule has 0 radical (unpaired) electrons. The zero-order valence-corrected chi connectivity index (χ0v) is 14.3. The van der Waals surface area contributed by atoms with Gasteiger partial charge in [0.25, 0.3) is 0 Å². The number of benzene rings is 1. The fraction of sp³-hybridized carbons (Fsp3) is 0.444. The van der Waals surface area contributed by atoms with E-state index in [0.717, 1.165) is 18.1 Å². The highest BCUT2D eigenvalue weighted by Gasteiger charge is 2.18. The Labute approximate surface area is 137 Å². The minimum absolute atomic E-state index is 0.152. The molecule has 0 aliphatic rings. The van der Waals surface area contributed by atoms with Gasteiger partial charge in [-0.1, -0.05) is 19.1 Å². The third-order valence-corrected chi connectivity index (χ3v) is 3.87. The molecule has 0 N–H and O–H groups in total. The van der Waals surface area contributed by atoms with Crippen LogP contribution in [-0.2, 0) is 17.9 Å². The first-order valence-corrected chi connectivity index (χ1v) is 7.97. The van der Waals surface area contributed by atoms with Crippen molar-refractivity contribution in [2.45, 2.75) is 46.3 Å². The second-order valence-corrected chi connectivity index (χ2v) is 5.79. The molecule has 23 heavy (non-hydrogen) atoms. The van der Waals surface area contributed by atoms with Crippen molar-refractivity contribution in [3.63, 3.8) is 0 Å². The standard InChI is InChI=1S/C18H25N3O2/c1-5-18(22)21(14(2)3)13-17-19-10-11-20(17)12-15-6-8-16(23-4)9-7-15/h6-11,14H,5,12-13H2,1-4H3. The summed E-state index contributed by atoms with van der Waals surface area (Å²) in [6.45, 7) is 7.22. The van der Waals surface area contributed by atoms with Crippen molar-refractivity contribution in [3.8, 4) is 5.75 Å². The zero-order chi connectivity index (χ0) is 16.8. The molecule has 0 saturated carbocycles. The number of ether oxygens (including phenoxy) is 1. The van der Waals surface area contributed by atoms with E-state index < -0.39 is 0 Å². The van der Waals surface area contributed by atoms with E-state index in [1.807, 2.05) is 56.1 Å². The maximum Gasteiger partial charge on any atom is 0.222 e. The van der Waals surface area contributed by atoms with Crippen molar-refractivity contribution in [3.05, 3.63) is 48.0 Å². The van der Waals surface area contributed by atoms with E-state index in [1.165, 1.54) is 5.56 Å². The molecule has 0 saturated heterocycles. The second-order valence-electron chi connectivity index (χ2n) is 5.79. The van der Waals surface area contributed by atoms with Gasteiger partial charge in [0.2, 0.25) is 5.91 Å². The quantitative estimate of drug-likeness (QED) is 0.789. The van der Waals surface area contributed by atoms with Crippen LogP contribution in [0.4, 0.5) is 0 Å². The molecule has 0 unspecified atom stereocenters. The van der Waals surface area contributed by atoms with Crippen molar-refractivity contribution in [1.82, 2.24) is 14.5 Å². The van der Waals surface area contributed by atoms with Crippen LogP contribution in [0, 0.1) is 0 Å². The Bertz CT molecular complexity index is 632. The third-order valence-electron chi connectivity index (χ3n) is 3.87. The molecule has 0 aliphatic heterocycles. The summed E-state index contributed by atoms with van der Waals surface area (Å²) in [5.41, 5.74) is 1.17. The fourth-order valence-electron chi connectivity index (χ4n) is 2.48. The molecule has 1 heterocycles. The summed E-state index contributed by atoms with van der Waals surface area (Å²) in [6.07, 6.45) is 4.25. The summed E-state index contributed by atoms with van der Waals surface area (Å²) >= 11 is 0. The Morgan fingerprint density at radius 3 is 2.57 bits per heavy atom. The van der Waals surface area contributed by atoms with Gasteiger partial charge in [-0.25, -0.2) is 4.98 Å². The molecule has 0 atom stereocenters. The SMILES string of the molecule is CCC(=O)N(Cc1nccn1Cc1ccc(OC)cc1)C(C)C. The predicted molar refractivity (Wildman–Crippen MR) is 90.3 cm³/mol. The van der Waals surface area contributed by atoms with Crippen LogP contribution >= 0.6 is 0 Å². The summed E-state index contributed by atoms with van der Waals surface area (Å²) in [7, 11) is 1.66. The largest absolute Gasteiger partial charge is 0.497 e. The maximum absolute atomic E-state index is 12.1. The number of carbonyl (C=O) groups excluding carboxylic acids is 1. The van der Waals surface area contributed by atoms with E-state index in [-0.39, 0.29) is 11.9 Å². The molecule has 5 nitrogen and oxygen atoms in total. The molecule has 0 aliphatic carbocycles. The Balaban J connectivity index is 2.13. The predicted octanol–water partition coefficient (Wildman–Crippen LogP) is 3.09. The number of amides is 1. The van der Waals surface area contributed by atoms with Gasteiger partial charge >= 0.3 is 0 Å². The number of imidazole rings is 1. The molecule has 2 rings (SSSR count). The van der Waals surface area contributed by atoms with Crippen molar-refractivity contribution >= 4 is 5.91 Å². The van der Waals surface area contributed by atoms with Crippen LogP contribution in [0.15, 0.2) is 36.7 Å². The number of hydrogen-bond donors (Lipinski definition) is 0. The van der Waals surface area contributed by atoms with E-state index in [2.05, 4.69) is 9.55 Å². The van der Waals surface area contributed by atoms with E-state index in [4.69, 9.17) is 4.74 Å². The van der Waals surface area contributed by atoms with Gasteiger partial charge in [0.05, 0.1) is 13.7 Å². The summed E-state index contributed by atoms with van der Waals surface area (Å²) in [5.74, 6) is 1.90. The van der Waals surface area contributed by atoms with Crippen LogP contribution in [0.3, 0.4) is 0 Å². The number of methoxy groups -OCH3 is 1. The van der Waals surface area contributed by atoms with Gasteiger partial charge in [-0.3, -0.25) is 4.79 Å². The van der Waals surface area contributed by atoms with Crippen molar-refractivity contribution < 1.29 is 9.53 Å². The van der Waals surface area contributed by atoms with Gasteiger partial charge in [-0.2, -0.15) is 0 Å². The minimum atomic E-state index is 0.152. The Morgan fingerprint density at radius 2 is 2.00 bits per heavy atom. The molecule has 1 aromatic heterocycles. The Hall–Kier alpha value is -2.30. The summed E-state index contributed by atoms with van der Waals surface area (Å²) < 4.78 is 7.27. The number of aromatic nitrogens is 2. The zero-order valence-electron chi connectivity index (χ0n) is 14.3. The Kier molecular flexibility index (Phi) is 5.79.